The van der Waals surface area contributed by atoms with Crippen LogP contribution in [0.4, 0.5) is 10.7 Å². The molecule has 1 aliphatic heterocycles. The van der Waals surface area contributed by atoms with Gasteiger partial charge in [-0.1, -0.05) is 0 Å². The van der Waals surface area contributed by atoms with E-state index < -0.39 is 5.91 Å². The van der Waals surface area contributed by atoms with Gasteiger partial charge in [-0.25, -0.2) is 0 Å². The largest absolute Gasteiger partial charge is 0.396 e. The van der Waals surface area contributed by atoms with Crippen LogP contribution in [0.1, 0.15) is 21.7 Å². The van der Waals surface area contributed by atoms with Crippen molar-refractivity contribution in [1.82, 2.24) is 0 Å². The Balaban J connectivity index is 2.39. The van der Waals surface area contributed by atoms with Crippen LogP contribution in [0.2, 0.25) is 0 Å². The number of nitrogens with zero attached hydrogens (tertiary/aromatic N) is 2. The highest BCUT2D eigenvalue weighted by Gasteiger charge is 2.29. The van der Waals surface area contributed by atoms with Crippen LogP contribution in [0.5, 0.6) is 0 Å². The smallest absolute Gasteiger partial charge is 0.253 e. The van der Waals surface area contributed by atoms with Gasteiger partial charge in [-0.05, 0) is 6.42 Å². The van der Waals surface area contributed by atoms with Crippen LogP contribution in [-0.4, -0.2) is 32.2 Å². The second-order valence-corrected chi connectivity index (χ2v) is 5.09. The minimum atomic E-state index is -0.596. The molecule has 7 heteroatoms. The Morgan fingerprint density at radius 3 is 2.89 bits per heavy atom. The molecule has 0 saturated carbocycles. The number of hydrogen-bond donors (Lipinski definition) is 2. The molecule has 4 N–H and O–H groups in total. The number of methoxy groups -OCH3 is 1. The Kier molecular flexibility index (Phi) is 3.41. The number of carbonyl (C=O) groups excluding carboxylic acids is 1. The summed E-state index contributed by atoms with van der Waals surface area (Å²) in [6.45, 7) is 1.45. The minimum Gasteiger partial charge on any atom is -0.396 e. The van der Waals surface area contributed by atoms with E-state index in [4.69, 9.17) is 21.5 Å². The van der Waals surface area contributed by atoms with Crippen LogP contribution < -0.4 is 16.4 Å². The van der Waals surface area contributed by atoms with E-state index in [0.29, 0.717) is 16.4 Å². The zero-order valence-electron chi connectivity index (χ0n) is 9.97. The van der Waals surface area contributed by atoms with Crippen molar-refractivity contribution in [3.63, 3.8) is 0 Å². The van der Waals surface area contributed by atoms with Crippen molar-refractivity contribution in [2.45, 2.75) is 12.5 Å². The Morgan fingerprint density at radius 2 is 2.39 bits per heavy atom. The number of carbonyl (C=O) groups is 1. The van der Waals surface area contributed by atoms with Crippen LogP contribution in [0.25, 0.3) is 0 Å². The first-order valence-electron chi connectivity index (χ1n) is 5.48. The predicted molar refractivity (Wildman–Crippen MR) is 69.6 cm³/mol. The molecule has 0 radical (unpaired) electrons. The van der Waals surface area contributed by atoms with Gasteiger partial charge in [-0.2, -0.15) is 5.26 Å². The molecule has 1 unspecified atom stereocenters. The summed E-state index contributed by atoms with van der Waals surface area (Å²) in [7, 11) is 1.66. The lowest BCUT2D eigenvalue weighted by molar-refractivity contribution is 0.100. The summed E-state index contributed by atoms with van der Waals surface area (Å²) in [6.07, 6.45) is 1.02. The maximum Gasteiger partial charge on any atom is 0.253 e. The summed E-state index contributed by atoms with van der Waals surface area (Å²) in [5.74, 6) is -0.596. The third-order valence-electron chi connectivity index (χ3n) is 3.04. The minimum absolute atomic E-state index is 0.139. The Labute approximate surface area is 109 Å². The van der Waals surface area contributed by atoms with Crippen molar-refractivity contribution >= 4 is 27.9 Å². The molecule has 1 aromatic rings. The predicted octanol–water partition coefficient (Wildman–Crippen LogP) is 0.526. The molecular weight excluding hydrogens is 252 g/mol. The fourth-order valence-corrected chi connectivity index (χ4v) is 3.14. The highest BCUT2D eigenvalue weighted by molar-refractivity contribution is 7.17. The van der Waals surface area contributed by atoms with E-state index in [0.717, 1.165) is 13.0 Å². The molecule has 0 aliphatic carbocycles. The van der Waals surface area contributed by atoms with E-state index in [1.807, 2.05) is 11.0 Å². The van der Waals surface area contributed by atoms with Gasteiger partial charge in [0.05, 0.1) is 17.4 Å². The Bertz CT molecular complexity index is 520. The summed E-state index contributed by atoms with van der Waals surface area (Å²) in [4.78, 5) is 13.8. The van der Waals surface area contributed by atoms with Crippen LogP contribution in [-0.2, 0) is 4.74 Å². The number of amides is 1. The first-order chi connectivity index (χ1) is 8.58. The van der Waals surface area contributed by atoms with Gasteiger partial charge in [0.25, 0.3) is 5.91 Å². The summed E-state index contributed by atoms with van der Waals surface area (Å²) < 4.78 is 5.28. The van der Waals surface area contributed by atoms with Crippen molar-refractivity contribution in [3.05, 3.63) is 10.4 Å². The molecule has 6 nitrogen and oxygen atoms in total. The maximum absolute atomic E-state index is 11.5. The number of nitriles is 1. The third kappa shape index (κ3) is 2.00. The van der Waals surface area contributed by atoms with Gasteiger partial charge >= 0.3 is 0 Å². The quantitative estimate of drug-likeness (QED) is 0.830. The molecule has 96 valence electrons. The summed E-state index contributed by atoms with van der Waals surface area (Å²) in [6, 6.07) is 1.99. The van der Waals surface area contributed by atoms with Gasteiger partial charge in [0.15, 0.2) is 0 Å². The SMILES string of the molecule is COC1CCN(c2sc(C#N)c(N)c2C(N)=O)C1. The first kappa shape index (κ1) is 12.7. The van der Waals surface area contributed by atoms with Crippen LogP contribution >= 0.6 is 11.3 Å². The van der Waals surface area contributed by atoms with Crippen molar-refractivity contribution in [3.8, 4) is 6.07 Å². The Morgan fingerprint density at radius 1 is 1.67 bits per heavy atom. The lowest BCUT2D eigenvalue weighted by Gasteiger charge is -2.17. The standard InChI is InChI=1S/C11H14N4O2S/c1-17-6-2-3-15(5-6)11-8(10(14)16)9(13)7(4-12)18-11/h6H,2-3,5,13H2,1H3,(H2,14,16). The second kappa shape index (κ2) is 4.84. The molecule has 1 aliphatic rings. The molecule has 0 spiro atoms. The summed E-state index contributed by atoms with van der Waals surface area (Å²) in [5, 5.41) is 9.64. The van der Waals surface area contributed by atoms with E-state index in [1.54, 1.807) is 7.11 Å². The van der Waals surface area contributed by atoms with Gasteiger partial charge in [-0.15, -0.1) is 11.3 Å². The number of nitrogens with two attached hydrogens (primary N) is 2. The van der Waals surface area contributed by atoms with Gasteiger partial charge < -0.3 is 21.1 Å². The number of thiophene rings is 1. The lowest BCUT2D eigenvalue weighted by atomic mass is 10.2. The van der Waals surface area contributed by atoms with Crippen molar-refractivity contribution < 1.29 is 9.53 Å². The second-order valence-electron chi connectivity index (χ2n) is 4.09. The molecule has 1 amide bonds. The van der Waals surface area contributed by atoms with E-state index >= 15 is 0 Å². The number of nitrogen functional groups attached to an aromatic ring is 1. The van der Waals surface area contributed by atoms with Gasteiger partial charge in [0, 0.05) is 20.2 Å². The summed E-state index contributed by atoms with van der Waals surface area (Å²) in [5.41, 5.74) is 11.6. The molecule has 0 bridgehead atoms. The zero-order chi connectivity index (χ0) is 13.3. The van der Waals surface area contributed by atoms with E-state index in [1.165, 1.54) is 11.3 Å². The highest BCUT2D eigenvalue weighted by atomic mass is 32.1. The lowest BCUT2D eigenvalue weighted by Crippen LogP contribution is -2.24. The van der Waals surface area contributed by atoms with E-state index in [2.05, 4.69) is 0 Å². The molecule has 1 saturated heterocycles. The van der Waals surface area contributed by atoms with Crippen LogP contribution in [0.15, 0.2) is 0 Å². The van der Waals surface area contributed by atoms with Crippen LogP contribution in [0, 0.1) is 11.3 Å². The average Bonchev–Trinajstić information content (AvgIpc) is 2.92. The fraction of sp³-hybridized carbons (Fsp3) is 0.455. The molecule has 2 rings (SSSR count). The maximum atomic E-state index is 11.5. The highest BCUT2D eigenvalue weighted by Crippen LogP contribution is 2.39. The first-order valence-corrected chi connectivity index (χ1v) is 6.30. The number of primary amides is 1. The molecule has 2 heterocycles. The van der Waals surface area contributed by atoms with Gasteiger partial charge in [0.1, 0.15) is 15.9 Å². The normalized spacial score (nSPS) is 18.9. The zero-order valence-corrected chi connectivity index (χ0v) is 10.8. The fourth-order valence-electron chi connectivity index (χ4n) is 2.08. The topological polar surface area (TPSA) is 105 Å². The molecular formula is C11H14N4O2S. The number of rotatable bonds is 3. The summed E-state index contributed by atoms with van der Waals surface area (Å²) >= 11 is 1.21. The monoisotopic (exact) mass is 266 g/mol. The van der Waals surface area contributed by atoms with Gasteiger partial charge in [0.2, 0.25) is 0 Å². The molecule has 0 aromatic carbocycles. The Hall–Kier alpha value is -1.78. The average molecular weight is 266 g/mol. The molecule has 1 fully saturated rings. The number of ether oxygens (including phenoxy) is 1. The molecule has 1 aromatic heterocycles. The van der Waals surface area contributed by atoms with E-state index in [-0.39, 0.29) is 17.4 Å². The molecule has 1 atom stereocenters. The number of anilines is 2. The third-order valence-corrected chi connectivity index (χ3v) is 4.21. The van der Waals surface area contributed by atoms with E-state index in [9.17, 15) is 4.79 Å². The van der Waals surface area contributed by atoms with Crippen molar-refractivity contribution in [2.24, 2.45) is 5.73 Å². The van der Waals surface area contributed by atoms with Gasteiger partial charge in [-0.3, -0.25) is 4.79 Å². The van der Waals surface area contributed by atoms with Crippen molar-refractivity contribution in [1.29, 1.82) is 5.26 Å². The van der Waals surface area contributed by atoms with Crippen molar-refractivity contribution in [2.75, 3.05) is 30.8 Å². The number of hydrogen-bond acceptors (Lipinski definition) is 6. The molecule has 18 heavy (non-hydrogen) atoms. The van der Waals surface area contributed by atoms with Crippen LogP contribution in [0.3, 0.4) is 0 Å².